The van der Waals surface area contributed by atoms with E-state index < -0.39 is 0 Å². The smallest absolute Gasteiger partial charge is 0.251 e. The monoisotopic (exact) mass is 482 g/mol. The highest BCUT2D eigenvalue weighted by molar-refractivity contribution is 6.00. The van der Waals surface area contributed by atoms with E-state index in [0.29, 0.717) is 11.6 Å². The van der Waals surface area contributed by atoms with Gasteiger partial charge in [0, 0.05) is 24.3 Å². The third kappa shape index (κ3) is 4.97. The molecule has 4 aromatic rings. The number of hydrogen-bond donors (Lipinski definition) is 4. The minimum atomic E-state index is -0.118. The first-order chi connectivity index (χ1) is 17.3. The summed E-state index contributed by atoms with van der Waals surface area (Å²) in [5.41, 5.74) is 5.91. The number of nitrogens with zero attached hydrogens (tertiary/aromatic N) is 2. The van der Waals surface area contributed by atoms with Crippen molar-refractivity contribution in [3.63, 3.8) is 0 Å². The number of nitrogens with one attached hydrogen (secondary N) is 4. The van der Waals surface area contributed by atoms with Gasteiger partial charge in [-0.25, -0.2) is 4.98 Å². The lowest BCUT2D eigenvalue weighted by molar-refractivity contribution is 0.0940. The van der Waals surface area contributed by atoms with Crippen LogP contribution in [0.15, 0.2) is 60.8 Å². The second-order valence-electron chi connectivity index (χ2n) is 10.6. The zero-order chi connectivity index (χ0) is 25.3. The maximum Gasteiger partial charge on any atom is 0.251 e. The predicted molar refractivity (Wildman–Crippen MR) is 145 cm³/mol. The van der Waals surface area contributed by atoms with Gasteiger partial charge in [0.15, 0.2) is 11.5 Å². The molecule has 4 N–H and O–H groups in total. The summed E-state index contributed by atoms with van der Waals surface area (Å²) in [6.45, 7) is 10.5. The molecule has 1 saturated heterocycles. The Hall–Kier alpha value is -3.71. The van der Waals surface area contributed by atoms with E-state index in [-0.39, 0.29) is 17.4 Å². The Morgan fingerprint density at radius 2 is 1.81 bits per heavy atom. The van der Waals surface area contributed by atoms with E-state index >= 15 is 0 Å². The van der Waals surface area contributed by atoms with Crippen LogP contribution in [0.4, 0.5) is 5.82 Å². The molecule has 3 heterocycles. The minimum Gasteiger partial charge on any atom is -0.364 e. The summed E-state index contributed by atoms with van der Waals surface area (Å²) in [4.78, 5) is 17.3. The van der Waals surface area contributed by atoms with Gasteiger partial charge in [0.2, 0.25) is 0 Å². The van der Waals surface area contributed by atoms with Crippen LogP contribution in [0.3, 0.4) is 0 Å². The molecule has 1 aliphatic heterocycles. The first-order valence-electron chi connectivity index (χ1n) is 12.6. The van der Waals surface area contributed by atoms with Gasteiger partial charge >= 0.3 is 0 Å². The number of amides is 1. The van der Waals surface area contributed by atoms with Crippen molar-refractivity contribution in [3.05, 3.63) is 77.5 Å². The van der Waals surface area contributed by atoms with E-state index in [2.05, 4.69) is 76.2 Å². The average Bonchev–Trinajstić information content (AvgIpc) is 3.54. The molecule has 0 aliphatic carbocycles. The Kier molecular flexibility index (Phi) is 6.49. The summed E-state index contributed by atoms with van der Waals surface area (Å²) in [7, 11) is 0. The van der Waals surface area contributed by atoms with Gasteiger partial charge in [-0.05, 0) is 65.8 Å². The number of carbonyl (C=O) groups excluding carboxylic acids is 1. The molecule has 7 heteroatoms. The van der Waals surface area contributed by atoms with E-state index in [1.165, 1.54) is 5.56 Å². The van der Waals surface area contributed by atoms with Crippen LogP contribution in [0.2, 0.25) is 0 Å². The highest BCUT2D eigenvalue weighted by Crippen LogP contribution is 2.33. The maximum atomic E-state index is 12.8. The molecule has 7 nitrogen and oxygen atoms in total. The average molecular weight is 483 g/mol. The zero-order valence-electron chi connectivity index (χ0n) is 21.4. The Bertz CT molecular complexity index is 1350. The molecule has 2 aromatic heterocycles. The van der Waals surface area contributed by atoms with Gasteiger partial charge < -0.3 is 16.0 Å². The summed E-state index contributed by atoms with van der Waals surface area (Å²) < 4.78 is 0. The van der Waals surface area contributed by atoms with Crippen LogP contribution in [0.25, 0.3) is 22.2 Å². The number of hydrogen-bond acceptors (Lipinski definition) is 5. The van der Waals surface area contributed by atoms with Gasteiger partial charge in [0.1, 0.15) is 0 Å². The van der Waals surface area contributed by atoms with Crippen LogP contribution in [-0.4, -0.2) is 40.2 Å². The fourth-order valence-corrected chi connectivity index (χ4v) is 4.70. The number of benzene rings is 2. The molecule has 1 unspecified atom stereocenters. The summed E-state index contributed by atoms with van der Waals surface area (Å²) in [6, 6.07) is 18.5. The molecule has 1 fully saturated rings. The molecule has 36 heavy (non-hydrogen) atoms. The van der Waals surface area contributed by atoms with E-state index in [1.54, 1.807) is 6.20 Å². The van der Waals surface area contributed by atoms with Gasteiger partial charge in [-0.2, -0.15) is 5.10 Å². The Balaban J connectivity index is 1.32. The van der Waals surface area contributed by atoms with Gasteiger partial charge in [-0.3, -0.25) is 9.89 Å². The fourth-order valence-electron chi connectivity index (χ4n) is 4.70. The normalized spacial score (nSPS) is 16.7. The molecule has 0 bridgehead atoms. The molecule has 1 amide bonds. The standard InChI is InChI=1S/C29H34N6O/c1-18(32-28(36)21-9-11-22(12-10-21)29(2,3)4)19-5-7-20(8-6-19)24-14-16-31-26-25(24)27(35-34-26)33-23-13-15-30-17-23/h5-12,14,16,18,23,30H,13,15,17H2,1-4H3,(H,32,36)(H2,31,33,34,35)/t18?,23-/m1/s1. The van der Waals surface area contributed by atoms with E-state index in [1.807, 2.05) is 37.3 Å². The lowest BCUT2D eigenvalue weighted by Crippen LogP contribution is -2.26. The number of H-pyrrole nitrogens is 1. The minimum absolute atomic E-state index is 0.0609. The van der Waals surface area contributed by atoms with Crippen LogP contribution in [-0.2, 0) is 5.41 Å². The quantitative estimate of drug-likeness (QED) is 0.304. The van der Waals surface area contributed by atoms with Gasteiger partial charge in [0.05, 0.1) is 11.4 Å². The number of anilines is 1. The predicted octanol–water partition coefficient (Wildman–Crippen LogP) is 5.19. The second-order valence-corrected chi connectivity index (χ2v) is 10.6. The lowest BCUT2D eigenvalue weighted by atomic mass is 9.86. The maximum absolute atomic E-state index is 12.8. The number of carbonyl (C=O) groups is 1. The highest BCUT2D eigenvalue weighted by atomic mass is 16.1. The third-order valence-corrected chi connectivity index (χ3v) is 6.94. The van der Waals surface area contributed by atoms with Gasteiger partial charge in [-0.1, -0.05) is 57.2 Å². The van der Waals surface area contributed by atoms with Crippen LogP contribution in [0.1, 0.15) is 61.6 Å². The molecule has 1 aliphatic rings. The topological polar surface area (TPSA) is 94.7 Å². The van der Waals surface area contributed by atoms with Crippen LogP contribution >= 0.6 is 0 Å². The van der Waals surface area contributed by atoms with Crippen LogP contribution < -0.4 is 16.0 Å². The van der Waals surface area contributed by atoms with Crippen molar-refractivity contribution in [1.82, 2.24) is 25.8 Å². The lowest BCUT2D eigenvalue weighted by Gasteiger charge is -2.19. The molecule has 2 atom stereocenters. The number of aromatic amines is 1. The summed E-state index contributed by atoms with van der Waals surface area (Å²) in [5, 5.41) is 18.6. The Morgan fingerprint density at radius 1 is 1.06 bits per heavy atom. The molecule has 0 radical (unpaired) electrons. The van der Waals surface area contributed by atoms with Gasteiger partial charge in [-0.15, -0.1) is 0 Å². The van der Waals surface area contributed by atoms with Gasteiger partial charge in [0.25, 0.3) is 5.91 Å². The highest BCUT2D eigenvalue weighted by Gasteiger charge is 2.20. The number of fused-ring (bicyclic) bond motifs is 1. The molecular weight excluding hydrogens is 448 g/mol. The van der Waals surface area contributed by atoms with Crippen molar-refractivity contribution in [2.45, 2.75) is 51.6 Å². The Labute approximate surface area is 212 Å². The Morgan fingerprint density at radius 3 is 2.47 bits per heavy atom. The molecule has 0 spiro atoms. The third-order valence-electron chi connectivity index (χ3n) is 6.94. The molecule has 5 rings (SSSR count). The largest absolute Gasteiger partial charge is 0.364 e. The summed E-state index contributed by atoms with van der Waals surface area (Å²) >= 11 is 0. The first-order valence-corrected chi connectivity index (χ1v) is 12.6. The van der Waals surface area contributed by atoms with E-state index in [0.717, 1.165) is 53.1 Å². The van der Waals surface area contributed by atoms with E-state index in [4.69, 9.17) is 0 Å². The summed E-state index contributed by atoms with van der Waals surface area (Å²) in [5.74, 6) is 0.766. The molecule has 186 valence electrons. The fraction of sp³-hybridized carbons (Fsp3) is 0.345. The van der Waals surface area contributed by atoms with Crippen molar-refractivity contribution >= 4 is 22.8 Å². The summed E-state index contributed by atoms with van der Waals surface area (Å²) in [6.07, 6.45) is 2.88. The number of rotatable bonds is 6. The number of pyridine rings is 1. The zero-order valence-corrected chi connectivity index (χ0v) is 21.4. The second kappa shape index (κ2) is 9.74. The molecule has 0 saturated carbocycles. The van der Waals surface area contributed by atoms with Crippen LogP contribution in [0, 0.1) is 0 Å². The molecular formula is C29H34N6O. The van der Waals surface area contributed by atoms with E-state index in [9.17, 15) is 4.79 Å². The number of aromatic nitrogens is 3. The van der Waals surface area contributed by atoms with Crippen molar-refractivity contribution < 1.29 is 4.79 Å². The van der Waals surface area contributed by atoms with Crippen LogP contribution in [0.5, 0.6) is 0 Å². The first kappa shape index (κ1) is 24.0. The molecule has 2 aromatic carbocycles. The van der Waals surface area contributed by atoms with Crippen molar-refractivity contribution in [2.24, 2.45) is 0 Å². The van der Waals surface area contributed by atoms with Crippen molar-refractivity contribution in [1.29, 1.82) is 0 Å². The van der Waals surface area contributed by atoms with Crippen molar-refractivity contribution in [3.8, 4) is 11.1 Å². The van der Waals surface area contributed by atoms with Crippen molar-refractivity contribution in [2.75, 3.05) is 18.4 Å². The SMILES string of the molecule is CC(NC(=O)c1ccc(C(C)(C)C)cc1)c1ccc(-c2ccnc3[nH]nc(N[C@@H]4CCNC4)c23)cc1.